The van der Waals surface area contributed by atoms with Crippen molar-refractivity contribution < 1.29 is 0 Å². The first-order valence-corrected chi connectivity index (χ1v) is 8.06. The van der Waals surface area contributed by atoms with Gasteiger partial charge in [-0.2, -0.15) is 0 Å². The number of rotatable bonds is 4. The summed E-state index contributed by atoms with van der Waals surface area (Å²) in [6, 6.07) is 9.47. The van der Waals surface area contributed by atoms with Gasteiger partial charge in [-0.3, -0.25) is 0 Å². The molecule has 0 saturated carbocycles. The van der Waals surface area contributed by atoms with Gasteiger partial charge in [-0.05, 0) is 64.4 Å². The summed E-state index contributed by atoms with van der Waals surface area (Å²) in [5.74, 6) is 0.807. The van der Waals surface area contributed by atoms with E-state index in [0.717, 1.165) is 5.92 Å². The molecule has 1 aromatic rings. The largest absolute Gasteiger partial charge is 0.307 e. The van der Waals surface area contributed by atoms with Gasteiger partial charge in [-0.15, -0.1) is 0 Å². The summed E-state index contributed by atoms with van der Waals surface area (Å²) in [6.07, 6.45) is 2.63. The van der Waals surface area contributed by atoms with E-state index in [1.54, 1.807) is 0 Å². The lowest BCUT2D eigenvalue weighted by Gasteiger charge is -2.34. The normalized spacial score (nSPS) is 21.3. The molecule has 2 unspecified atom stereocenters. The zero-order valence-electron chi connectivity index (χ0n) is 12.2. The Morgan fingerprint density at radius 2 is 1.84 bits per heavy atom. The Morgan fingerprint density at radius 1 is 1.21 bits per heavy atom. The van der Waals surface area contributed by atoms with Gasteiger partial charge in [0, 0.05) is 16.6 Å². The molecule has 106 valence electrons. The maximum Gasteiger partial charge on any atom is 0.0305 e. The van der Waals surface area contributed by atoms with E-state index < -0.39 is 0 Å². The van der Waals surface area contributed by atoms with Crippen molar-refractivity contribution in [1.82, 2.24) is 10.2 Å². The molecule has 1 heterocycles. The number of likely N-dealkylation sites (tertiary alicyclic amines) is 1. The van der Waals surface area contributed by atoms with Gasteiger partial charge in [0.2, 0.25) is 0 Å². The van der Waals surface area contributed by atoms with Gasteiger partial charge in [0.05, 0.1) is 0 Å². The Morgan fingerprint density at radius 3 is 2.47 bits per heavy atom. The Hall–Kier alpha value is -0.380. The summed E-state index contributed by atoms with van der Waals surface area (Å²) in [4.78, 5) is 2.43. The van der Waals surface area contributed by atoms with Gasteiger partial charge in [0.15, 0.2) is 0 Å². The molecular weight excluding hydrogens is 300 g/mol. The number of hydrogen-bond acceptors (Lipinski definition) is 2. The predicted molar refractivity (Wildman–Crippen MR) is 85.4 cm³/mol. The molecule has 2 rings (SSSR count). The molecule has 0 aliphatic carbocycles. The van der Waals surface area contributed by atoms with E-state index in [4.69, 9.17) is 0 Å². The summed E-state index contributed by atoms with van der Waals surface area (Å²) in [7, 11) is 2.22. The molecule has 1 aliphatic heterocycles. The molecule has 2 nitrogen and oxygen atoms in total. The highest BCUT2D eigenvalue weighted by atomic mass is 79.9. The van der Waals surface area contributed by atoms with Crippen molar-refractivity contribution >= 4 is 15.9 Å². The van der Waals surface area contributed by atoms with Gasteiger partial charge >= 0.3 is 0 Å². The smallest absolute Gasteiger partial charge is 0.0305 e. The van der Waals surface area contributed by atoms with Gasteiger partial charge in [-0.1, -0.05) is 34.1 Å². The number of hydrogen-bond donors (Lipinski definition) is 1. The van der Waals surface area contributed by atoms with Crippen LogP contribution < -0.4 is 5.32 Å². The Kier molecular flexibility index (Phi) is 5.43. The fraction of sp³-hybridized carbons (Fsp3) is 0.625. The molecule has 0 spiro atoms. The first-order valence-electron chi connectivity index (χ1n) is 7.27. The minimum absolute atomic E-state index is 0.394. The van der Waals surface area contributed by atoms with E-state index in [0.29, 0.717) is 12.1 Å². The highest BCUT2D eigenvalue weighted by Crippen LogP contribution is 2.26. The van der Waals surface area contributed by atoms with Crippen LogP contribution in [0.15, 0.2) is 28.7 Å². The average Bonchev–Trinajstić information content (AvgIpc) is 2.39. The number of piperidine rings is 1. The van der Waals surface area contributed by atoms with Crippen molar-refractivity contribution in [3.63, 3.8) is 0 Å². The van der Waals surface area contributed by atoms with Crippen molar-refractivity contribution in [1.29, 1.82) is 0 Å². The van der Waals surface area contributed by atoms with E-state index in [-0.39, 0.29) is 0 Å². The maximum absolute atomic E-state index is 3.77. The van der Waals surface area contributed by atoms with Gasteiger partial charge in [-0.25, -0.2) is 0 Å². The highest BCUT2D eigenvalue weighted by Gasteiger charge is 2.23. The standard InChI is InChI=1S/C16H25BrN2/c1-12(14-8-10-19(3)11-9-14)18-13(2)15-6-4-5-7-16(15)17/h4-7,12-14,18H,8-11H2,1-3H3. The molecule has 1 fully saturated rings. The van der Waals surface area contributed by atoms with Crippen LogP contribution in [0.5, 0.6) is 0 Å². The molecule has 2 atom stereocenters. The molecule has 1 aliphatic rings. The lowest BCUT2D eigenvalue weighted by molar-refractivity contribution is 0.185. The predicted octanol–water partition coefficient (Wildman–Crippen LogP) is 3.83. The van der Waals surface area contributed by atoms with E-state index in [1.807, 2.05) is 0 Å². The molecule has 19 heavy (non-hydrogen) atoms. The summed E-state index contributed by atoms with van der Waals surface area (Å²) >= 11 is 3.64. The van der Waals surface area contributed by atoms with E-state index in [9.17, 15) is 0 Å². The topological polar surface area (TPSA) is 15.3 Å². The lowest BCUT2D eigenvalue weighted by atomic mass is 9.90. The van der Waals surface area contributed by atoms with Gasteiger partial charge in [0.25, 0.3) is 0 Å². The van der Waals surface area contributed by atoms with Crippen LogP contribution in [0.3, 0.4) is 0 Å². The highest BCUT2D eigenvalue weighted by molar-refractivity contribution is 9.10. The number of halogens is 1. The number of nitrogens with one attached hydrogen (secondary N) is 1. The fourth-order valence-electron chi connectivity index (χ4n) is 2.98. The summed E-state index contributed by atoms with van der Waals surface area (Å²) in [5.41, 5.74) is 1.35. The second-order valence-corrected chi connectivity index (χ2v) is 6.69. The molecule has 1 saturated heterocycles. The van der Waals surface area contributed by atoms with Gasteiger partial charge in [0.1, 0.15) is 0 Å². The second kappa shape index (κ2) is 6.87. The third kappa shape index (κ3) is 4.04. The van der Waals surface area contributed by atoms with Crippen molar-refractivity contribution in [3.8, 4) is 0 Å². The number of benzene rings is 1. The SMILES string of the molecule is CC(NC(C)C1CCN(C)CC1)c1ccccc1Br. The number of nitrogens with zero attached hydrogens (tertiary/aromatic N) is 1. The molecule has 0 bridgehead atoms. The van der Waals surface area contributed by atoms with Crippen LogP contribution in [-0.2, 0) is 0 Å². The molecular formula is C16H25BrN2. The molecule has 0 aromatic heterocycles. The van der Waals surface area contributed by atoms with Crippen LogP contribution in [0, 0.1) is 5.92 Å². The molecule has 0 amide bonds. The lowest BCUT2D eigenvalue weighted by Crippen LogP contribution is -2.41. The average molecular weight is 325 g/mol. The van der Waals surface area contributed by atoms with Crippen molar-refractivity contribution in [3.05, 3.63) is 34.3 Å². The van der Waals surface area contributed by atoms with Gasteiger partial charge < -0.3 is 10.2 Å². The molecule has 3 heteroatoms. The van der Waals surface area contributed by atoms with Crippen molar-refractivity contribution in [2.75, 3.05) is 20.1 Å². The quantitative estimate of drug-likeness (QED) is 0.905. The van der Waals surface area contributed by atoms with E-state index >= 15 is 0 Å². The monoisotopic (exact) mass is 324 g/mol. The Labute approximate surface area is 125 Å². The van der Waals surface area contributed by atoms with E-state index in [2.05, 4.69) is 71.3 Å². The third-order valence-electron chi connectivity index (χ3n) is 4.35. The van der Waals surface area contributed by atoms with Crippen LogP contribution in [0.1, 0.15) is 38.3 Å². The first-order chi connectivity index (χ1) is 9.08. The summed E-state index contributed by atoms with van der Waals surface area (Å²) in [5, 5.41) is 3.77. The zero-order valence-corrected chi connectivity index (χ0v) is 13.8. The van der Waals surface area contributed by atoms with Crippen LogP contribution in [0.25, 0.3) is 0 Å². The van der Waals surface area contributed by atoms with Crippen LogP contribution in [0.4, 0.5) is 0 Å². The second-order valence-electron chi connectivity index (χ2n) is 5.84. The van der Waals surface area contributed by atoms with Crippen molar-refractivity contribution in [2.24, 2.45) is 5.92 Å². The minimum Gasteiger partial charge on any atom is -0.307 e. The van der Waals surface area contributed by atoms with E-state index in [1.165, 1.54) is 36.0 Å². The van der Waals surface area contributed by atoms with Crippen LogP contribution >= 0.6 is 15.9 Å². The minimum atomic E-state index is 0.394. The van der Waals surface area contributed by atoms with Crippen LogP contribution in [0.2, 0.25) is 0 Å². The first kappa shape index (κ1) is 15.0. The molecule has 1 N–H and O–H groups in total. The van der Waals surface area contributed by atoms with Crippen molar-refractivity contribution in [2.45, 2.75) is 38.8 Å². The molecule has 0 radical (unpaired) electrons. The maximum atomic E-state index is 3.77. The summed E-state index contributed by atoms with van der Waals surface area (Å²) < 4.78 is 1.20. The van der Waals surface area contributed by atoms with Crippen LogP contribution in [-0.4, -0.2) is 31.1 Å². The summed E-state index contributed by atoms with van der Waals surface area (Å²) in [6.45, 7) is 7.06. The molecule has 1 aromatic carbocycles. The fourth-order valence-corrected chi connectivity index (χ4v) is 3.60. The Bertz CT molecular complexity index is 399. The third-order valence-corrected chi connectivity index (χ3v) is 5.08. The Balaban J connectivity index is 1.91. The zero-order chi connectivity index (χ0) is 13.8.